The van der Waals surface area contributed by atoms with Crippen LogP contribution < -0.4 is 15.5 Å². The van der Waals surface area contributed by atoms with Crippen LogP contribution in [0.2, 0.25) is 0 Å². The lowest BCUT2D eigenvalue weighted by Gasteiger charge is -2.28. The lowest BCUT2D eigenvalue weighted by Crippen LogP contribution is -2.45. The number of nitrogens with zero attached hydrogens (tertiary/aromatic N) is 3. The fourth-order valence-corrected chi connectivity index (χ4v) is 3.22. The molecule has 0 atom stereocenters. The second kappa shape index (κ2) is 10.4. The van der Waals surface area contributed by atoms with Gasteiger partial charge in [-0.25, -0.2) is 4.98 Å². The molecule has 25 heavy (non-hydrogen) atoms. The minimum Gasteiger partial charge on any atom is -0.373 e. The van der Waals surface area contributed by atoms with E-state index in [0.29, 0.717) is 12.3 Å². The molecule has 0 unspecified atom stereocenters. The first-order valence-electron chi connectivity index (χ1n) is 9.64. The van der Waals surface area contributed by atoms with E-state index in [1.54, 1.807) is 0 Å². The standard InChI is InChI=1S/C19H34N6/c1-4-6-7-12-25(5-2)18-9-8-16(19(21-3)23-18)17(20)15-24-13-10-22-11-14-24/h8-9,20,22H,4-7,10-15H2,1-3H3,(H,21,23). The van der Waals surface area contributed by atoms with Gasteiger partial charge in [0.25, 0.3) is 0 Å². The van der Waals surface area contributed by atoms with Gasteiger partial charge in [-0.15, -0.1) is 0 Å². The molecule has 6 heteroatoms. The minimum atomic E-state index is 0.638. The largest absolute Gasteiger partial charge is 0.373 e. The quantitative estimate of drug-likeness (QED) is 0.448. The van der Waals surface area contributed by atoms with Crippen molar-refractivity contribution < 1.29 is 0 Å². The van der Waals surface area contributed by atoms with Crippen molar-refractivity contribution in [2.45, 2.75) is 33.1 Å². The van der Waals surface area contributed by atoms with Gasteiger partial charge in [-0.1, -0.05) is 19.8 Å². The number of nitrogens with one attached hydrogen (secondary N) is 3. The van der Waals surface area contributed by atoms with Crippen molar-refractivity contribution in [3.63, 3.8) is 0 Å². The van der Waals surface area contributed by atoms with E-state index in [-0.39, 0.29) is 0 Å². The SMILES string of the molecule is CCCCCN(CC)c1ccc(C(=N)CN2CCNCC2)c(NC)n1. The van der Waals surface area contributed by atoms with Crippen molar-refractivity contribution in [3.8, 4) is 0 Å². The first-order valence-corrected chi connectivity index (χ1v) is 9.64. The van der Waals surface area contributed by atoms with Crippen LogP contribution in [0.4, 0.5) is 11.6 Å². The summed E-state index contributed by atoms with van der Waals surface area (Å²) < 4.78 is 0. The molecule has 0 amide bonds. The van der Waals surface area contributed by atoms with Gasteiger partial charge in [0.15, 0.2) is 0 Å². The molecule has 0 spiro atoms. The summed E-state index contributed by atoms with van der Waals surface area (Å²) in [7, 11) is 1.89. The first kappa shape index (κ1) is 19.7. The molecule has 3 N–H and O–H groups in total. The van der Waals surface area contributed by atoms with Crippen molar-refractivity contribution in [2.75, 3.05) is 63.1 Å². The number of rotatable bonds is 10. The second-order valence-electron chi connectivity index (χ2n) is 6.61. The van der Waals surface area contributed by atoms with Crippen molar-refractivity contribution >= 4 is 17.3 Å². The van der Waals surface area contributed by atoms with Crippen LogP contribution >= 0.6 is 0 Å². The molecule has 1 fully saturated rings. The van der Waals surface area contributed by atoms with E-state index in [9.17, 15) is 0 Å². The third-order valence-electron chi connectivity index (χ3n) is 4.77. The Bertz CT molecular complexity index is 539. The maximum atomic E-state index is 8.51. The van der Waals surface area contributed by atoms with Crippen molar-refractivity contribution in [2.24, 2.45) is 0 Å². The topological polar surface area (TPSA) is 67.3 Å². The molecule has 0 aliphatic carbocycles. The predicted octanol–water partition coefficient (Wildman–Crippen LogP) is 2.41. The van der Waals surface area contributed by atoms with E-state index < -0.39 is 0 Å². The number of unbranched alkanes of at least 4 members (excludes halogenated alkanes) is 2. The maximum Gasteiger partial charge on any atom is 0.137 e. The first-order chi connectivity index (χ1) is 12.2. The van der Waals surface area contributed by atoms with Crippen LogP contribution in [0.15, 0.2) is 12.1 Å². The summed E-state index contributed by atoms with van der Waals surface area (Å²) in [5.41, 5.74) is 1.55. The Morgan fingerprint density at radius 1 is 1.28 bits per heavy atom. The van der Waals surface area contributed by atoms with E-state index in [0.717, 1.165) is 56.5 Å². The van der Waals surface area contributed by atoms with Gasteiger partial charge in [0.1, 0.15) is 11.6 Å². The lowest BCUT2D eigenvalue weighted by molar-refractivity contribution is 0.272. The number of aromatic nitrogens is 1. The molecular weight excluding hydrogens is 312 g/mol. The lowest BCUT2D eigenvalue weighted by atomic mass is 10.1. The van der Waals surface area contributed by atoms with E-state index in [2.05, 4.69) is 46.4 Å². The Morgan fingerprint density at radius 3 is 2.68 bits per heavy atom. The predicted molar refractivity (Wildman–Crippen MR) is 107 cm³/mol. The molecule has 1 aromatic rings. The molecular formula is C19H34N6. The third-order valence-corrected chi connectivity index (χ3v) is 4.77. The molecule has 140 valence electrons. The zero-order chi connectivity index (χ0) is 18.1. The summed E-state index contributed by atoms with van der Waals surface area (Å²) in [6, 6.07) is 4.12. The minimum absolute atomic E-state index is 0.638. The Labute approximate surface area is 152 Å². The third kappa shape index (κ3) is 5.68. The zero-order valence-electron chi connectivity index (χ0n) is 16.1. The normalized spacial score (nSPS) is 15.2. The van der Waals surface area contributed by atoms with E-state index >= 15 is 0 Å². The molecule has 0 bridgehead atoms. The highest BCUT2D eigenvalue weighted by Crippen LogP contribution is 2.20. The molecule has 0 saturated carbocycles. The summed E-state index contributed by atoms with van der Waals surface area (Å²) >= 11 is 0. The molecule has 0 aromatic carbocycles. The molecule has 0 radical (unpaired) electrons. The van der Waals surface area contributed by atoms with Gasteiger partial charge < -0.3 is 20.9 Å². The highest BCUT2D eigenvalue weighted by molar-refractivity contribution is 6.03. The van der Waals surface area contributed by atoms with Crippen molar-refractivity contribution in [1.29, 1.82) is 5.41 Å². The Hall–Kier alpha value is -1.66. The molecule has 1 aliphatic heterocycles. The van der Waals surface area contributed by atoms with Crippen LogP contribution in [0.25, 0.3) is 0 Å². The van der Waals surface area contributed by atoms with Gasteiger partial charge in [0, 0.05) is 58.4 Å². The molecule has 6 nitrogen and oxygen atoms in total. The van der Waals surface area contributed by atoms with Gasteiger partial charge in [-0.05, 0) is 25.5 Å². The van der Waals surface area contributed by atoms with Crippen LogP contribution in [0.3, 0.4) is 0 Å². The Balaban J connectivity index is 2.07. The highest BCUT2D eigenvalue weighted by Gasteiger charge is 2.16. The molecule has 1 aliphatic rings. The van der Waals surface area contributed by atoms with Crippen molar-refractivity contribution in [1.82, 2.24) is 15.2 Å². The van der Waals surface area contributed by atoms with Gasteiger partial charge in [0.05, 0.1) is 5.71 Å². The van der Waals surface area contributed by atoms with E-state index in [1.807, 2.05) is 7.05 Å². The fourth-order valence-electron chi connectivity index (χ4n) is 3.22. The molecule has 1 aromatic heterocycles. The number of pyridine rings is 1. The summed E-state index contributed by atoms with van der Waals surface area (Å²) in [6.07, 6.45) is 3.68. The maximum absolute atomic E-state index is 8.51. The Kier molecular flexibility index (Phi) is 8.15. The van der Waals surface area contributed by atoms with Crippen LogP contribution in [0, 0.1) is 5.41 Å². The van der Waals surface area contributed by atoms with E-state index in [4.69, 9.17) is 10.4 Å². The van der Waals surface area contributed by atoms with Gasteiger partial charge in [-0.2, -0.15) is 0 Å². The molecule has 1 saturated heterocycles. The van der Waals surface area contributed by atoms with Gasteiger partial charge in [0.2, 0.25) is 0 Å². The zero-order valence-corrected chi connectivity index (χ0v) is 16.1. The average Bonchev–Trinajstić information content (AvgIpc) is 2.65. The van der Waals surface area contributed by atoms with Crippen LogP contribution in [0.5, 0.6) is 0 Å². The number of hydrogen-bond acceptors (Lipinski definition) is 6. The average molecular weight is 347 g/mol. The summed E-state index contributed by atoms with van der Waals surface area (Å²) in [6.45, 7) is 11.1. The highest BCUT2D eigenvalue weighted by atomic mass is 15.2. The van der Waals surface area contributed by atoms with Crippen LogP contribution in [-0.2, 0) is 0 Å². The molecule has 2 heterocycles. The number of anilines is 2. The van der Waals surface area contributed by atoms with Gasteiger partial charge >= 0.3 is 0 Å². The number of piperazine rings is 1. The monoisotopic (exact) mass is 346 g/mol. The second-order valence-corrected chi connectivity index (χ2v) is 6.61. The van der Waals surface area contributed by atoms with Crippen LogP contribution in [0.1, 0.15) is 38.7 Å². The summed E-state index contributed by atoms with van der Waals surface area (Å²) in [5, 5.41) is 15.1. The smallest absolute Gasteiger partial charge is 0.137 e. The number of hydrogen-bond donors (Lipinski definition) is 3. The summed E-state index contributed by atoms with van der Waals surface area (Å²) in [4.78, 5) is 9.45. The Morgan fingerprint density at radius 2 is 2.04 bits per heavy atom. The van der Waals surface area contributed by atoms with Gasteiger partial charge in [-0.3, -0.25) is 4.90 Å². The summed E-state index contributed by atoms with van der Waals surface area (Å²) in [5.74, 6) is 1.81. The van der Waals surface area contributed by atoms with E-state index in [1.165, 1.54) is 19.3 Å². The fraction of sp³-hybridized carbons (Fsp3) is 0.684. The molecule has 2 rings (SSSR count). The van der Waals surface area contributed by atoms with Crippen molar-refractivity contribution in [3.05, 3.63) is 17.7 Å². The van der Waals surface area contributed by atoms with Crippen LogP contribution in [-0.4, -0.2) is 68.5 Å².